The predicted octanol–water partition coefficient (Wildman–Crippen LogP) is 19.2. The van der Waals surface area contributed by atoms with Gasteiger partial charge in [-0.3, -0.25) is 9.59 Å². The van der Waals surface area contributed by atoms with E-state index in [1.807, 2.05) is 21.1 Å². The van der Waals surface area contributed by atoms with E-state index in [1.54, 1.807) is 0 Å². The third kappa shape index (κ3) is 58.7. The van der Waals surface area contributed by atoms with E-state index in [4.69, 9.17) is 18.9 Å². The second-order valence-corrected chi connectivity index (χ2v) is 22.7. The van der Waals surface area contributed by atoms with E-state index in [0.29, 0.717) is 17.4 Å². The van der Waals surface area contributed by atoms with Crippen LogP contribution in [0.25, 0.3) is 0 Å². The highest BCUT2D eigenvalue weighted by atomic mass is 16.7. The predicted molar refractivity (Wildman–Crippen MR) is 323 cm³/mol. The molecular weight excluding hydrogens is 947 g/mol. The number of esters is 2. The van der Waals surface area contributed by atoms with Gasteiger partial charge in [0.25, 0.3) is 6.29 Å². The molecular formula is C67H122NO8+. The number of unbranched alkanes of at least 4 members (excludes halogenated alkanes) is 34. The van der Waals surface area contributed by atoms with Crippen LogP contribution in [-0.4, -0.2) is 87.4 Å². The highest BCUT2D eigenvalue weighted by molar-refractivity contribution is 5.71. The maximum atomic E-state index is 12.9. The standard InChI is InChI=1S/C67H121NO8/c1-6-8-10-12-14-16-18-20-21-22-23-24-25-26-27-28-29-30-31-32-33-34-35-36-37-38-39-40-41-42-43-44-45-46-48-50-52-54-56-58-65(70)76-63(62-75-67(66(71)72)73-60-59-68(3,4)5)61-74-64(69)57-55-53-51-49-47-19-17-15-13-11-9-7-2/h8,10,14-17,20-21,23-24,63,67H,6-7,9,11-13,18-19,22,25-62H2,1-5H3/p+1/b10-8-,16-14-,17-15-,21-20-,24-23-. The number of quaternary nitrogens is 1. The zero-order valence-electron chi connectivity index (χ0n) is 50.4. The van der Waals surface area contributed by atoms with Gasteiger partial charge in [-0.1, -0.05) is 261 Å². The molecule has 0 heterocycles. The van der Waals surface area contributed by atoms with Crippen LogP contribution in [0.5, 0.6) is 0 Å². The van der Waals surface area contributed by atoms with Gasteiger partial charge < -0.3 is 28.5 Å². The number of rotatable bonds is 59. The third-order valence-electron chi connectivity index (χ3n) is 14.0. The van der Waals surface area contributed by atoms with E-state index in [2.05, 4.69) is 74.6 Å². The first-order valence-electron chi connectivity index (χ1n) is 32.0. The van der Waals surface area contributed by atoms with Crippen LogP contribution in [0.3, 0.4) is 0 Å². The van der Waals surface area contributed by atoms with Gasteiger partial charge >= 0.3 is 17.9 Å². The number of hydrogen-bond acceptors (Lipinski definition) is 7. The van der Waals surface area contributed by atoms with E-state index in [0.717, 1.165) is 83.5 Å². The second-order valence-electron chi connectivity index (χ2n) is 22.7. The summed E-state index contributed by atoms with van der Waals surface area (Å²) in [6.45, 7) is 4.75. The monoisotopic (exact) mass is 1070 g/mol. The van der Waals surface area contributed by atoms with Gasteiger partial charge in [-0.25, -0.2) is 4.79 Å². The third-order valence-corrected chi connectivity index (χ3v) is 14.0. The summed E-state index contributed by atoms with van der Waals surface area (Å²) >= 11 is 0. The lowest BCUT2D eigenvalue weighted by molar-refractivity contribution is -0.870. The number of carboxylic acid groups (broad SMARTS) is 1. The van der Waals surface area contributed by atoms with E-state index < -0.39 is 24.3 Å². The molecule has 442 valence electrons. The average molecular weight is 1070 g/mol. The van der Waals surface area contributed by atoms with Crippen LogP contribution < -0.4 is 0 Å². The molecule has 76 heavy (non-hydrogen) atoms. The van der Waals surface area contributed by atoms with Crippen molar-refractivity contribution in [2.75, 3.05) is 47.5 Å². The minimum atomic E-state index is -1.51. The number of aliphatic carboxylic acids is 1. The van der Waals surface area contributed by atoms with Crippen LogP contribution in [0, 0.1) is 0 Å². The lowest BCUT2D eigenvalue weighted by Crippen LogP contribution is -2.40. The molecule has 0 bridgehead atoms. The van der Waals surface area contributed by atoms with Gasteiger partial charge in [0.05, 0.1) is 34.4 Å². The van der Waals surface area contributed by atoms with Crippen molar-refractivity contribution in [3.8, 4) is 0 Å². The van der Waals surface area contributed by atoms with Crippen molar-refractivity contribution >= 4 is 17.9 Å². The number of allylic oxidation sites excluding steroid dienone is 10. The molecule has 2 unspecified atom stereocenters. The largest absolute Gasteiger partial charge is 0.477 e. The van der Waals surface area contributed by atoms with Crippen molar-refractivity contribution in [2.24, 2.45) is 0 Å². The average Bonchev–Trinajstić information content (AvgIpc) is 3.39. The molecule has 9 nitrogen and oxygen atoms in total. The molecule has 0 rings (SSSR count). The first-order chi connectivity index (χ1) is 37.1. The van der Waals surface area contributed by atoms with Crippen molar-refractivity contribution in [2.45, 2.75) is 302 Å². The van der Waals surface area contributed by atoms with Gasteiger partial charge in [0.1, 0.15) is 13.2 Å². The van der Waals surface area contributed by atoms with E-state index in [-0.39, 0.29) is 32.2 Å². The fourth-order valence-electron chi connectivity index (χ4n) is 9.12. The number of hydrogen-bond donors (Lipinski definition) is 1. The van der Waals surface area contributed by atoms with E-state index >= 15 is 0 Å². The summed E-state index contributed by atoms with van der Waals surface area (Å²) < 4.78 is 22.9. The minimum Gasteiger partial charge on any atom is -0.477 e. The van der Waals surface area contributed by atoms with Crippen molar-refractivity contribution in [1.29, 1.82) is 0 Å². The van der Waals surface area contributed by atoms with Crippen LogP contribution in [0.15, 0.2) is 60.8 Å². The molecule has 0 aliphatic heterocycles. The van der Waals surface area contributed by atoms with Crippen LogP contribution in [-0.2, 0) is 33.3 Å². The molecule has 0 aliphatic carbocycles. The number of likely N-dealkylation sites (N-methyl/N-ethyl adjacent to an activating group) is 1. The zero-order chi connectivity index (χ0) is 55.5. The molecule has 0 amide bonds. The van der Waals surface area contributed by atoms with Gasteiger partial charge in [0.15, 0.2) is 6.10 Å². The van der Waals surface area contributed by atoms with Crippen LogP contribution in [0.2, 0.25) is 0 Å². The van der Waals surface area contributed by atoms with Crippen molar-refractivity contribution in [3.05, 3.63) is 60.8 Å². The Morgan fingerprint density at radius 2 is 0.750 bits per heavy atom. The highest BCUT2D eigenvalue weighted by Gasteiger charge is 2.25. The van der Waals surface area contributed by atoms with Crippen LogP contribution in [0.4, 0.5) is 0 Å². The topological polar surface area (TPSA) is 108 Å². The van der Waals surface area contributed by atoms with Gasteiger partial charge in [-0.2, -0.15) is 0 Å². The number of ether oxygens (including phenoxy) is 4. The lowest BCUT2D eigenvalue weighted by atomic mass is 10.0. The molecule has 9 heteroatoms. The summed E-state index contributed by atoms with van der Waals surface area (Å²) in [6.07, 6.45) is 72.1. The fourth-order valence-corrected chi connectivity index (χ4v) is 9.12. The molecule has 0 fully saturated rings. The summed E-state index contributed by atoms with van der Waals surface area (Å²) in [5.74, 6) is -2.00. The van der Waals surface area contributed by atoms with Crippen LogP contribution in [0.1, 0.15) is 290 Å². The first-order valence-corrected chi connectivity index (χ1v) is 32.0. The minimum absolute atomic E-state index is 0.183. The van der Waals surface area contributed by atoms with Crippen molar-refractivity contribution < 1.29 is 42.9 Å². The molecule has 0 aromatic heterocycles. The van der Waals surface area contributed by atoms with Crippen molar-refractivity contribution in [1.82, 2.24) is 0 Å². The Morgan fingerprint density at radius 3 is 1.13 bits per heavy atom. The number of carbonyl (C=O) groups excluding carboxylic acids is 2. The Kier molecular flexibility index (Phi) is 55.8. The molecule has 1 N–H and O–H groups in total. The smallest absolute Gasteiger partial charge is 0.361 e. The van der Waals surface area contributed by atoms with E-state index in [1.165, 1.54) is 180 Å². The number of nitrogens with zero attached hydrogens (tertiary/aromatic N) is 1. The number of carboxylic acids is 1. The highest BCUT2D eigenvalue weighted by Crippen LogP contribution is 2.18. The SMILES string of the molecule is CC/C=C\C/C=C\C/C=C\C/C=C\CCCCCCCCCCCCCCCCCCCCCCCCCCCCC(=O)OC(COC(=O)CCCCCCC/C=C\CCCCC)COC(OCC[N+](C)(C)C)C(=O)O. The van der Waals surface area contributed by atoms with Crippen LogP contribution >= 0.6 is 0 Å². The first kappa shape index (κ1) is 73.0. The normalized spacial score (nSPS) is 13.1. The summed E-state index contributed by atoms with van der Waals surface area (Å²) in [7, 11) is 5.97. The fraction of sp³-hybridized carbons (Fsp3) is 0.806. The number of carbonyl (C=O) groups is 3. The summed E-state index contributed by atoms with van der Waals surface area (Å²) in [5, 5.41) is 9.69. The van der Waals surface area contributed by atoms with Crippen molar-refractivity contribution in [3.63, 3.8) is 0 Å². The molecule has 0 saturated carbocycles. The van der Waals surface area contributed by atoms with Gasteiger partial charge in [0, 0.05) is 12.8 Å². The Morgan fingerprint density at radius 1 is 0.408 bits per heavy atom. The molecule has 0 aliphatic rings. The Labute approximate surface area is 469 Å². The summed E-state index contributed by atoms with van der Waals surface area (Å²) in [4.78, 5) is 37.3. The Hall–Kier alpha value is -3.01. The Balaban J connectivity index is 3.92. The lowest BCUT2D eigenvalue weighted by Gasteiger charge is -2.25. The maximum Gasteiger partial charge on any atom is 0.361 e. The maximum absolute atomic E-state index is 12.9. The quantitative estimate of drug-likeness (QED) is 0.0211. The molecule has 0 saturated heterocycles. The molecule has 2 atom stereocenters. The molecule has 0 radical (unpaired) electrons. The summed E-state index contributed by atoms with van der Waals surface area (Å²) in [5.41, 5.74) is 0. The Bertz CT molecular complexity index is 1430. The summed E-state index contributed by atoms with van der Waals surface area (Å²) in [6, 6.07) is 0. The molecule has 0 aromatic carbocycles. The molecule has 0 aromatic rings. The van der Waals surface area contributed by atoms with E-state index in [9.17, 15) is 19.5 Å². The van der Waals surface area contributed by atoms with Gasteiger partial charge in [-0.15, -0.1) is 0 Å². The molecule has 0 spiro atoms. The zero-order valence-corrected chi connectivity index (χ0v) is 50.4. The van der Waals surface area contributed by atoms with Gasteiger partial charge in [0.2, 0.25) is 0 Å². The van der Waals surface area contributed by atoms with Gasteiger partial charge in [-0.05, 0) is 77.0 Å². The second kappa shape index (κ2) is 58.1.